The second kappa shape index (κ2) is 6.29. The van der Waals surface area contributed by atoms with Crippen molar-refractivity contribution in [1.82, 2.24) is 0 Å². The van der Waals surface area contributed by atoms with Gasteiger partial charge in [-0.1, -0.05) is 19.1 Å². The normalized spacial score (nSPS) is 13.8. The van der Waals surface area contributed by atoms with Crippen LogP contribution >= 0.6 is 11.3 Å². The third-order valence-electron chi connectivity index (χ3n) is 3.64. The molecule has 1 atom stereocenters. The Morgan fingerprint density at radius 3 is 2.55 bits per heavy atom. The highest BCUT2D eigenvalue weighted by atomic mass is 32.1. The number of ether oxygens (including phenoxy) is 2. The van der Waals surface area contributed by atoms with Gasteiger partial charge in [0.1, 0.15) is 11.5 Å². The maximum atomic E-state index is 6.03. The van der Waals surface area contributed by atoms with Crippen LogP contribution in [0.2, 0.25) is 0 Å². The first-order valence-corrected chi connectivity index (χ1v) is 7.46. The summed E-state index contributed by atoms with van der Waals surface area (Å²) in [5.74, 6) is 1.65. The topological polar surface area (TPSA) is 44.5 Å². The molecule has 2 N–H and O–H groups in total. The number of methoxy groups -OCH3 is 2. The fourth-order valence-electron chi connectivity index (χ4n) is 2.30. The number of nitrogens with two attached hydrogens (primary N) is 1. The zero-order valence-corrected chi connectivity index (χ0v) is 13.0. The van der Waals surface area contributed by atoms with E-state index >= 15 is 0 Å². The Hall–Kier alpha value is -1.52. The lowest BCUT2D eigenvalue weighted by Gasteiger charge is -2.28. The Balaban J connectivity index is 2.32. The molecule has 0 bridgehead atoms. The second-order valence-corrected chi connectivity index (χ2v) is 6.04. The van der Waals surface area contributed by atoms with Gasteiger partial charge in [-0.3, -0.25) is 0 Å². The van der Waals surface area contributed by atoms with Gasteiger partial charge in [-0.2, -0.15) is 0 Å². The van der Waals surface area contributed by atoms with Crippen LogP contribution in [0.25, 0.3) is 0 Å². The number of benzene rings is 1. The quantitative estimate of drug-likeness (QED) is 0.888. The van der Waals surface area contributed by atoms with Gasteiger partial charge >= 0.3 is 0 Å². The fourth-order valence-corrected chi connectivity index (χ4v) is 3.20. The number of hydrogen-bond donors (Lipinski definition) is 1. The van der Waals surface area contributed by atoms with Crippen molar-refractivity contribution in [3.05, 3.63) is 46.2 Å². The molecule has 20 heavy (non-hydrogen) atoms. The molecule has 0 aliphatic rings. The smallest absolute Gasteiger partial charge is 0.125 e. The number of rotatable bonds is 6. The molecule has 2 aromatic rings. The standard InChI is InChI=1S/C16H21NO2S/c1-16(11-17,15-5-4-8-20-15)10-12-6-7-13(18-2)9-14(12)19-3/h4-9H,10-11,17H2,1-3H3. The number of thiophene rings is 1. The minimum absolute atomic E-state index is 0.0734. The van der Waals surface area contributed by atoms with Crippen LogP contribution in [0.1, 0.15) is 17.4 Å². The van der Waals surface area contributed by atoms with E-state index in [2.05, 4.69) is 30.5 Å². The molecule has 1 aromatic heterocycles. The molecular weight excluding hydrogens is 270 g/mol. The maximum absolute atomic E-state index is 6.03. The van der Waals surface area contributed by atoms with Gasteiger partial charge < -0.3 is 15.2 Å². The second-order valence-electron chi connectivity index (χ2n) is 5.10. The van der Waals surface area contributed by atoms with Gasteiger partial charge in [0.2, 0.25) is 0 Å². The van der Waals surface area contributed by atoms with Crippen molar-refractivity contribution in [2.45, 2.75) is 18.8 Å². The Labute approximate surface area is 124 Å². The lowest BCUT2D eigenvalue weighted by Crippen LogP contribution is -2.33. The minimum atomic E-state index is -0.0734. The van der Waals surface area contributed by atoms with E-state index in [1.165, 1.54) is 4.88 Å². The molecule has 3 nitrogen and oxygen atoms in total. The van der Waals surface area contributed by atoms with E-state index in [4.69, 9.17) is 15.2 Å². The summed E-state index contributed by atoms with van der Waals surface area (Å²) in [7, 11) is 3.34. The molecule has 1 heterocycles. The summed E-state index contributed by atoms with van der Waals surface area (Å²) in [5, 5.41) is 2.09. The van der Waals surface area contributed by atoms with Gasteiger partial charge in [0, 0.05) is 22.9 Å². The van der Waals surface area contributed by atoms with Crippen molar-refractivity contribution in [3.63, 3.8) is 0 Å². The first-order chi connectivity index (χ1) is 9.62. The van der Waals surface area contributed by atoms with E-state index in [0.717, 1.165) is 23.5 Å². The molecule has 4 heteroatoms. The van der Waals surface area contributed by atoms with Crippen LogP contribution < -0.4 is 15.2 Å². The Morgan fingerprint density at radius 1 is 1.20 bits per heavy atom. The average Bonchev–Trinajstić information content (AvgIpc) is 3.02. The average molecular weight is 291 g/mol. The van der Waals surface area contributed by atoms with Crippen molar-refractivity contribution in [2.75, 3.05) is 20.8 Å². The zero-order valence-electron chi connectivity index (χ0n) is 12.2. The summed E-state index contributed by atoms with van der Waals surface area (Å²) in [6.07, 6.45) is 0.844. The van der Waals surface area contributed by atoms with E-state index < -0.39 is 0 Å². The monoisotopic (exact) mass is 291 g/mol. The highest BCUT2D eigenvalue weighted by molar-refractivity contribution is 7.10. The first-order valence-electron chi connectivity index (χ1n) is 6.58. The molecule has 0 radical (unpaired) electrons. The summed E-state index contributed by atoms with van der Waals surface area (Å²) in [6.45, 7) is 2.80. The molecule has 1 unspecified atom stereocenters. The van der Waals surface area contributed by atoms with Gasteiger partial charge in [0.05, 0.1) is 14.2 Å². The van der Waals surface area contributed by atoms with E-state index in [0.29, 0.717) is 6.54 Å². The number of hydrogen-bond acceptors (Lipinski definition) is 4. The molecular formula is C16H21NO2S. The zero-order chi connectivity index (χ0) is 14.6. The highest BCUT2D eigenvalue weighted by Crippen LogP contribution is 2.34. The Morgan fingerprint density at radius 2 is 2.00 bits per heavy atom. The summed E-state index contributed by atoms with van der Waals surface area (Å²) in [5.41, 5.74) is 7.11. The molecule has 0 saturated heterocycles. The highest BCUT2D eigenvalue weighted by Gasteiger charge is 2.27. The SMILES string of the molecule is COc1ccc(CC(C)(CN)c2cccs2)c(OC)c1. The van der Waals surface area contributed by atoms with Crippen LogP contribution in [0.5, 0.6) is 11.5 Å². The van der Waals surface area contributed by atoms with Gasteiger partial charge in [-0.05, 0) is 29.5 Å². The summed E-state index contributed by atoms with van der Waals surface area (Å²) < 4.78 is 10.7. The Kier molecular flexibility index (Phi) is 4.68. The summed E-state index contributed by atoms with van der Waals surface area (Å²) >= 11 is 1.75. The van der Waals surface area contributed by atoms with E-state index in [1.54, 1.807) is 25.6 Å². The van der Waals surface area contributed by atoms with Crippen LogP contribution in [0.4, 0.5) is 0 Å². The Bertz CT molecular complexity index is 554. The van der Waals surface area contributed by atoms with Crippen LogP contribution in [0.3, 0.4) is 0 Å². The lowest BCUT2D eigenvalue weighted by atomic mass is 9.82. The third-order valence-corrected chi connectivity index (χ3v) is 4.82. The maximum Gasteiger partial charge on any atom is 0.125 e. The van der Waals surface area contributed by atoms with Crippen LogP contribution in [-0.2, 0) is 11.8 Å². The molecule has 1 aromatic carbocycles. The van der Waals surface area contributed by atoms with E-state index in [-0.39, 0.29) is 5.41 Å². The molecule has 2 rings (SSSR count). The molecule has 108 valence electrons. The predicted octanol–water partition coefficient (Wildman–Crippen LogP) is 3.22. The van der Waals surface area contributed by atoms with Gasteiger partial charge in [-0.15, -0.1) is 11.3 Å². The van der Waals surface area contributed by atoms with E-state index in [9.17, 15) is 0 Å². The van der Waals surface area contributed by atoms with Crippen molar-refractivity contribution < 1.29 is 9.47 Å². The van der Waals surface area contributed by atoms with Crippen molar-refractivity contribution in [2.24, 2.45) is 5.73 Å². The molecule has 0 aliphatic heterocycles. The van der Waals surface area contributed by atoms with Gasteiger partial charge in [0.15, 0.2) is 0 Å². The van der Waals surface area contributed by atoms with Crippen molar-refractivity contribution >= 4 is 11.3 Å². The molecule has 0 amide bonds. The van der Waals surface area contributed by atoms with Gasteiger partial charge in [-0.25, -0.2) is 0 Å². The van der Waals surface area contributed by atoms with Gasteiger partial charge in [0.25, 0.3) is 0 Å². The molecule has 0 aliphatic carbocycles. The molecule has 0 fully saturated rings. The van der Waals surface area contributed by atoms with Crippen LogP contribution in [0, 0.1) is 0 Å². The third kappa shape index (κ3) is 2.97. The summed E-state index contributed by atoms with van der Waals surface area (Å²) in [4.78, 5) is 1.30. The fraction of sp³-hybridized carbons (Fsp3) is 0.375. The predicted molar refractivity (Wildman–Crippen MR) is 84.0 cm³/mol. The van der Waals surface area contributed by atoms with Crippen LogP contribution in [-0.4, -0.2) is 20.8 Å². The largest absolute Gasteiger partial charge is 0.497 e. The molecule has 0 spiro atoms. The lowest BCUT2D eigenvalue weighted by molar-refractivity contribution is 0.385. The molecule has 0 saturated carbocycles. The van der Waals surface area contributed by atoms with Crippen molar-refractivity contribution in [3.8, 4) is 11.5 Å². The minimum Gasteiger partial charge on any atom is -0.497 e. The summed E-state index contributed by atoms with van der Waals surface area (Å²) in [6, 6.07) is 10.1. The first kappa shape index (κ1) is 14.9. The van der Waals surface area contributed by atoms with Crippen molar-refractivity contribution in [1.29, 1.82) is 0 Å². The van der Waals surface area contributed by atoms with Crippen LogP contribution in [0.15, 0.2) is 35.7 Å². The van der Waals surface area contributed by atoms with E-state index in [1.807, 2.05) is 12.1 Å².